The number of carbonyl (C=O) groups is 1. The molecule has 1 saturated carbocycles. The molecule has 1 saturated heterocycles. The zero-order valence-electron chi connectivity index (χ0n) is 9.71. The van der Waals surface area contributed by atoms with Gasteiger partial charge in [0.05, 0.1) is 0 Å². The highest BCUT2D eigenvalue weighted by molar-refractivity contribution is 5.85. The maximum atomic E-state index is 11.7. The summed E-state index contributed by atoms with van der Waals surface area (Å²) < 4.78 is 0. The SMILES string of the molecule is Cl.NC(=O)C1(N2CCNCC2)CCCCC1. The number of piperazine rings is 1. The average molecular weight is 248 g/mol. The van der Waals surface area contributed by atoms with E-state index in [4.69, 9.17) is 5.73 Å². The number of nitrogens with two attached hydrogens (primary N) is 1. The molecule has 5 heteroatoms. The van der Waals surface area contributed by atoms with Crippen LogP contribution < -0.4 is 11.1 Å². The molecular formula is C11H22ClN3O. The fraction of sp³-hybridized carbons (Fsp3) is 0.909. The van der Waals surface area contributed by atoms with Gasteiger partial charge in [-0.3, -0.25) is 9.69 Å². The highest BCUT2D eigenvalue weighted by Gasteiger charge is 2.43. The number of halogens is 1. The highest BCUT2D eigenvalue weighted by atomic mass is 35.5. The first-order valence-corrected chi connectivity index (χ1v) is 6.01. The summed E-state index contributed by atoms with van der Waals surface area (Å²) in [5.74, 6) is -0.107. The second kappa shape index (κ2) is 5.84. The predicted octanol–water partition coefficient (Wildman–Crippen LogP) is 0.502. The first kappa shape index (κ1) is 13.7. The molecule has 16 heavy (non-hydrogen) atoms. The van der Waals surface area contributed by atoms with Gasteiger partial charge in [0.25, 0.3) is 0 Å². The molecule has 0 bridgehead atoms. The van der Waals surface area contributed by atoms with E-state index in [-0.39, 0.29) is 23.9 Å². The van der Waals surface area contributed by atoms with E-state index >= 15 is 0 Å². The van der Waals surface area contributed by atoms with E-state index in [1.807, 2.05) is 0 Å². The molecule has 1 amide bonds. The Hall–Kier alpha value is -0.320. The molecule has 3 N–H and O–H groups in total. The molecule has 1 aliphatic carbocycles. The molecule has 0 radical (unpaired) electrons. The van der Waals surface area contributed by atoms with Gasteiger partial charge in [-0.1, -0.05) is 19.3 Å². The fourth-order valence-corrected chi connectivity index (χ4v) is 2.95. The van der Waals surface area contributed by atoms with Crippen LogP contribution in [0.3, 0.4) is 0 Å². The second-order valence-electron chi connectivity index (χ2n) is 4.69. The standard InChI is InChI=1S/C11H21N3O.ClH/c12-10(15)11(4-2-1-3-5-11)14-8-6-13-7-9-14;/h13H,1-9H2,(H2,12,15);1H. The summed E-state index contributed by atoms with van der Waals surface area (Å²) in [4.78, 5) is 14.0. The van der Waals surface area contributed by atoms with Gasteiger partial charge in [-0.15, -0.1) is 12.4 Å². The van der Waals surface area contributed by atoms with Crippen LogP contribution in [-0.2, 0) is 4.79 Å². The van der Waals surface area contributed by atoms with Crippen molar-refractivity contribution in [2.75, 3.05) is 26.2 Å². The van der Waals surface area contributed by atoms with Gasteiger partial charge in [-0.25, -0.2) is 0 Å². The van der Waals surface area contributed by atoms with Gasteiger partial charge in [0.15, 0.2) is 0 Å². The Labute approximate surface area is 103 Å². The number of nitrogens with one attached hydrogen (secondary N) is 1. The number of amides is 1. The summed E-state index contributed by atoms with van der Waals surface area (Å²) in [5, 5.41) is 3.32. The van der Waals surface area contributed by atoms with Gasteiger partial charge in [-0.2, -0.15) is 0 Å². The van der Waals surface area contributed by atoms with Crippen molar-refractivity contribution in [2.45, 2.75) is 37.6 Å². The molecule has 1 heterocycles. The lowest BCUT2D eigenvalue weighted by Gasteiger charge is -2.45. The minimum absolute atomic E-state index is 0. The Morgan fingerprint density at radius 2 is 1.69 bits per heavy atom. The average Bonchev–Trinajstić information content (AvgIpc) is 2.31. The van der Waals surface area contributed by atoms with Crippen molar-refractivity contribution in [2.24, 2.45) is 5.73 Å². The summed E-state index contributed by atoms with van der Waals surface area (Å²) in [6, 6.07) is 0. The van der Waals surface area contributed by atoms with E-state index < -0.39 is 0 Å². The highest BCUT2D eigenvalue weighted by Crippen LogP contribution is 2.33. The Morgan fingerprint density at radius 3 is 2.19 bits per heavy atom. The number of hydrogen-bond acceptors (Lipinski definition) is 3. The molecule has 4 nitrogen and oxygen atoms in total. The summed E-state index contributed by atoms with van der Waals surface area (Å²) in [7, 11) is 0. The Balaban J connectivity index is 0.00000128. The van der Waals surface area contributed by atoms with Crippen LogP contribution in [0.15, 0.2) is 0 Å². The Kier molecular flexibility index (Phi) is 5.02. The first-order chi connectivity index (χ1) is 7.26. The van der Waals surface area contributed by atoms with Gasteiger partial charge in [0.1, 0.15) is 5.54 Å². The Morgan fingerprint density at radius 1 is 1.12 bits per heavy atom. The maximum absolute atomic E-state index is 11.7. The largest absolute Gasteiger partial charge is 0.368 e. The third-order valence-electron chi connectivity index (χ3n) is 3.86. The van der Waals surface area contributed by atoms with Crippen LogP contribution >= 0.6 is 12.4 Å². The third kappa shape index (κ3) is 2.50. The molecule has 2 fully saturated rings. The lowest BCUT2D eigenvalue weighted by Crippen LogP contribution is -2.62. The van der Waals surface area contributed by atoms with Crippen molar-refractivity contribution in [3.63, 3.8) is 0 Å². The van der Waals surface area contributed by atoms with Gasteiger partial charge in [0, 0.05) is 26.2 Å². The van der Waals surface area contributed by atoms with Gasteiger partial charge in [-0.05, 0) is 12.8 Å². The summed E-state index contributed by atoms with van der Waals surface area (Å²) in [5.41, 5.74) is 5.31. The lowest BCUT2D eigenvalue weighted by atomic mass is 9.79. The van der Waals surface area contributed by atoms with E-state index in [1.54, 1.807) is 0 Å². The van der Waals surface area contributed by atoms with Gasteiger partial charge in [0.2, 0.25) is 5.91 Å². The maximum Gasteiger partial charge on any atom is 0.237 e. The molecule has 1 aliphatic heterocycles. The fourth-order valence-electron chi connectivity index (χ4n) is 2.95. The molecule has 0 spiro atoms. The van der Waals surface area contributed by atoms with Crippen LogP contribution in [0, 0.1) is 0 Å². The monoisotopic (exact) mass is 247 g/mol. The molecule has 0 aromatic carbocycles. The van der Waals surface area contributed by atoms with Crippen LogP contribution in [0.5, 0.6) is 0 Å². The molecule has 0 unspecified atom stereocenters. The predicted molar refractivity (Wildman–Crippen MR) is 66.7 cm³/mol. The third-order valence-corrected chi connectivity index (χ3v) is 3.86. The molecular weight excluding hydrogens is 226 g/mol. The molecule has 0 aromatic heterocycles. The first-order valence-electron chi connectivity index (χ1n) is 6.01. The summed E-state index contributed by atoms with van der Waals surface area (Å²) >= 11 is 0. The van der Waals surface area contributed by atoms with Gasteiger partial charge < -0.3 is 11.1 Å². The van der Waals surface area contributed by atoms with Crippen LogP contribution in [0.25, 0.3) is 0 Å². The van der Waals surface area contributed by atoms with E-state index in [1.165, 1.54) is 6.42 Å². The molecule has 2 aliphatic rings. The van der Waals surface area contributed by atoms with Crippen molar-refractivity contribution in [1.82, 2.24) is 10.2 Å². The molecule has 2 rings (SSSR count). The summed E-state index contributed by atoms with van der Waals surface area (Å²) in [6.07, 6.45) is 5.46. The zero-order valence-corrected chi connectivity index (χ0v) is 10.5. The minimum Gasteiger partial charge on any atom is -0.368 e. The van der Waals surface area contributed by atoms with Crippen molar-refractivity contribution in [3.05, 3.63) is 0 Å². The number of primary amides is 1. The number of rotatable bonds is 2. The molecule has 0 atom stereocenters. The normalized spacial score (nSPS) is 25.8. The Bertz CT molecular complexity index is 235. The number of nitrogens with zero attached hydrogens (tertiary/aromatic N) is 1. The van der Waals surface area contributed by atoms with Crippen molar-refractivity contribution < 1.29 is 4.79 Å². The van der Waals surface area contributed by atoms with Crippen LogP contribution in [0.2, 0.25) is 0 Å². The molecule has 94 valence electrons. The topological polar surface area (TPSA) is 58.4 Å². The number of carbonyl (C=O) groups excluding carboxylic acids is 1. The lowest BCUT2D eigenvalue weighted by molar-refractivity contribution is -0.133. The second-order valence-corrected chi connectivity index (χ2v) is 4.69. The van der Waals surface area contributed by atoms with Gasteiger partial charge >= 0.3 is 0 Å². The van der Waals surface area contributed by atoms with Crippen molar-refractivity contribution >= 4 is 18.3 Å². The number of hydrogen-bond donors (Lipinski definition) is 2. The van der Waals surface area contributed by atoms with Crippen molar-refractivity contribution in [3.8, 4) is 0 Å². The van der Waals surface area contributed by atoms with E-state index in [0.717, 1.165) is 51.9 Å². The quantitative estimate of drug-likeness (QED) is 0.747. The zero-order chi connectivity index (χ0) is 10.7. The van der Waals surface area contributed by atoms with E-state index in [9.17, 15) is 4.79 Å². The van der Waals surface area contributed by atoms with Crippen LogP contribution in [0.1, 0.15) is 32.1 Å². The van der Waals surface area contributed by atoms with Crippen LogP contribution in [0.4, 0.5) is 0 Å². The van der Waals surface area contributed by atoms with Crippen LogP contribution in [-0.4, -0.2) is 42.5 Å². The smallest absolute Gasteiger partial charge is 0.237 e. The van der Waals surface area contributed by atoms with Crippen molar-refractivity contribution in [1.29, 1.82) is 0 Å². The van der Waals surface area contributed by atoms with E-state index in [2.05, 4.69) is 10.2 Å². The minimum atomic E-state index is -0.319. The summed E-state index contributed by atoms with van der Waals surface area (Å²) in [6.45, 7) is 3.88. The van der Waals surface area contributed by atoms with E-state index in [0.29, 0.717) is 0 Å². The molecule has 0 aromatic rings.